The molecule has 0 aromatic heterocycles. The number of hydrogen-bond donors (Lipinski definition) is 2. The molecule has 2 N–H and O–H groups in total. The third-order valence-corrected chi connectivity index (χ3v) is 8.78. The third-order valence-electron chi connectivity index (χ3n) is 8.78. The van der Waals surface area contributed by atoms with Crippen molar-refractivity contribution in [1.82, 2.24) is 0 Å². The molecule has 4 nitrogen and oxygen atoms in total. The van der Waals surface area contributed by atoms with E-state index in [1.165, 1.54) is 11.1 Å². The molecule has 0 amide bonds. The van der Waals surface area contributed by atoms with Gasteiger partial charge in [0.05, 0.1) is 5.69 Å². The third kappa shape index (κ3) is 7.61. The number of aryl methyl sites for hydroxylation is 2. The van der Waals surface area contributed by atoms with Gasteiger partial charge in [0.15, 0.2) is 0 Å². The summed E-state index contributed by atoms with van der Waals surface area (Å²) < 4.78 is 5.45. The van der Waals surface area contributed by atoms with Crippen LogP contribution in [0.4, 0.5) is 11.4 Å². The summed E-state index contributed by atoms with van der Waals surface area (Å²) in [5, 5.41) is 23.9. The standard InChI is InChI=1S/C42H55NO3/c1-27-20-33(29-24-30(40(3,4)5)26-31(25-29)41(6,7)8)38(44)34(21-27)32-16-13-14-17-36(32)43(18-15-19-46-12)37-23-28(2)22-35(39(37)45)42(9,10)11/h13-14,16-17,20-26,44-45H,15,18-19H2,1-12H3. The molecular weight excluding hydrogens is 566 g/mol. The van der Waals surface area contributed by atoms with Crippen LogP contribution in [0, 0.1) is 13.8 Å². The smallest absolute Gasteiger partial charge is 0.142 e. The maximum absolute atomic E-state index is 12.2. The van der Waals surface area contributed by atoms with Crippen LogP contribution in [0.5, 0.6) is 11.5 Å². The molecule has 0 aliphatic rings. The van der Waals surface area contributed by atoms with Crippen molar-refractivity contribution in [2.45, 2.75) is 98.8 Å². The van der Waals surface area contributed by atoms with Crippen LogP contribution in [-0.2, 0) is 21.0 Å². The first kappa shape index (κ1) is 35.1. The van der Waals surface area contributed by atoms with Crippen molar-refractivity contribution in [2.75, 3.05) is 25.2 Å². The highest BCUT2D eigenvalue weighted by Gasteiger charge is 2.27. The number of methoxy groups -OCH3 is 1. The van der Waals surface area contributed by atoms with E-state index in [1.54, 1.807) is 7.11 Å². The lowest BCUT2D eigenvalue weighted by Gasteiger charge is -2.31. The summed E-state index contributed by atoms with van der Waals surface area (Å²) in [6.07, 6.45) is 0.767. The average molecular weight is 622 g/mol. The van der Waals surface area contributed by atoms with Gasteiger partial charge in [0.1, 0.15) is 11.5 Å². The second-order valence-electron chi connectivity index (χ2n) is 16.0. The van der Waals surface area contributed by atoms with Crippen LogP contribution in [0.1, 0.15) is 96.6 Å². The highest BCUT2D eigenvalue weighted by molar-refractivity contribution is 5.91. The van der Waals surface area contributed by atoms with Gasteiger partial charge in [-0.25, -0.2) is 0 Å². The number of rotatable bonds is 8. The first-order valence-electron chi connectivity index (χ1n) is 16.5. The number of phenols is 2. The number of benzene rings is 4. The van der Waals surface area contributed by atoms with Crippen molar-refractivity contribution < 1.29 is 14.9 Å². The lowest BCUT2D eigenvalue weighted by atomic mass is 9.78. The summed E-state index contributed by atoms with van der Waals surface area (Å²) in [5.41, 5.74) is 10.4. The number of nitrogens with zero attached hydrogens (tertiary/aromatic N) is 1. The van der Waals surface area contributed by atoms with Gasteiger partial charge in [0.25, 0.3) is 0 Å². The van der Waals surface area contributed by atoms with Gasteiger partial charge >= 0.3 is 0 Å². The molecule has 0 atom stereocenters. The Morgan fingerprint density at radius 1 is 0.609 bits per heavy atom. The van der Waals surface area contributed by atoms with Crippen LogP contribution in [0.2, 0.25) is 0 Å². The lowest BCUT2D eigenvalue weighted by molar-refractivity contribution is 0.196. The molecule has 246 valence electrons. The van der Waals surface area contributed by atoms with E-state index in [4.69, 9.17) is 4.74 Å². The zero-order valence-electron chi connectivity index (χ0n) is 30.2. The number of ether oxygens (including phenoxy) is 1. The molecule has 4 aromatic carbocycles. The van der Waals surface area contributed by atoms with E-state index in [1.807, 2.05) is 12.1 Å². The number of phenolic OH excluding ortho intramolecular Hbond substituents is 2. The Kier molecular flexibility index (Phi) is 10.0. The van der Waals surface area contributed by atoms with Crippen molar-refractivity contribution in [3.05, 3.63) is 94.5 Å². The minimum Gasteiger partial charge on any atom is -0.507 e. The highest BCUT2D eigenvalue weighted by Crippen LogP contribution is 2.48. The van der Waals surface area contributed by atoms with Gasteiger partial charge in [-0.15, -0.1) is 0 Å². The van der Waals surface area contributed by atoms with Crippen molar-refractivity contribution in [3.8, 4) is 33.8 Å². The van der Waals surface area contributed by atoms with Gasteiger partial charge < -0.3 is 19.8 Å². The molecule has 4 heteroatoms. The van der Waals surface area contributed by atoms with Crippen molar-refractivity contribution in [2.24, 2.45) is 0 Å². The molecule has 0 unspecified atom stereocenters. The van der Waals surface area contributed by atoms with E-state index in [9.17, 15) is 10.2 Å². The van der Waals surface area contributed by atoms with Gasteiger partial charge in [0.2, 0.25) is 0 Å². The molecule has 0 radical (unpaired) electrons. The molecular formula is C42H55NO3. The van der Waals surface area contributed by atoms with Crippen LogP contribution in [0.3, 0.4) is 0 Å². The van der Waals surface area contributed by atoms with E-state index >= 15 is 0 Å². The molecule has 0 heterocycles. The second kappa shape index (κ2) is 13.2. The topological polar surface area (TPSA) is 52.9 Å². The van der Waals surface area contributed by atoms with E-state index in [0.29, 0.717) is 13.2 Å². The van der Waals surface area contributed by atoms with Crippen LogP contribution < -0.4 is 4.90 Å². The van der Waals surface area contributed by atoms with Gasteiger partial charge in [-0.05, 0) is 88.6 Å². The quantitative estimate of drug-likeness (QED) is 0.192. The summed E-state index contributed by atoms with van der Waals surface area (Å²) in [4.78, 5) is 2.19. The molecule has 4 rings (SSSR count). The zero-order chi connectivity index (χ0) is 34.2. The molecule has 0 fully saturated rings. The Morgan fingerprint density at radius 3 is 1.74 bits per heavy atom. The average Bonchev–Trinajstić information content (AvgIpc) is 2.96. The Balaban J connectivity index is 1.99. The number of anilines is 2. The number of para-hydroxylation sites is 1. The van der Waals surface area contributed by atoms with E-state index in [-0.39, 0.29) is 27.7 Å². The van der Waals surface area contributed by atoms with Gasteiger partial charge in [-0.2, -0.15) is 0 Å². The summed E-state index contributed by atoms with van der Waals surface area (Å²) >= 11 is 0. The summed E-state index contributed by atoms with van der Waals surface area (Å²) in [6.45, 7) is 25.2. The Bertz CT molecular complexity index is 1660. The SMILES string of the molecule is COCCCN(c1ccccc1-c1cc(C)cc(-c2cc(C(C)(C)C)cc(C(C)(C)C)c2)c1O)c1cc(C)cc(C(C)(C)C)c1O. The van der Waals surface area contributed by atoms with Gasteiger partial charge in [-0.3, -0.25) is 0 Å². The van der Waals surface area contributed by atoms with Crippen molar-refractivity contribution >= 4 is 11.4 Å². The predicted molar refractivity (Wildman–Crippen MR) is 196 cm³/mol. The first-order chi connectivity index (χ1) is 21.3. The van der Waals surface area contributed by atoms with E-state index in [2.05, 4.69) is 136 Å². The molecule has 0 bridgehead atoms. The fourth-order valence-electron chi connectivity index (χ4n) is 6.06. The largest absolute Gasteiger partial charge is 0.507 e. The zero-order valence-corrected chi connectivity index (χ0v) is 30.2. The molecule has 0 spiro atoms. The lowest BCUT2D eigenvalue weighted by Crippen LogP contribution is -2.22. The fourth-order valence-corrected chi connectivity index (χ4v) is 6.06. The summed E-state index contributed by atoms with van der Waals surface area (Å²) in [6, 6.07) is 23.3. The van der Waals surface area contributed by atoms with Gasteiger partial charge in [-0.1, -0.05) is 105 Å². The van der Waals surface area contributed by atoms with E-state index in [0.717, 1.165) is 56.7 Å². The molecule has 0 aliphatic heterocycles. The van der Waals surface area contributed by atoms with Gasteiger partial charge in [0, 0.05) is 48.2 Å². The maximum Gasteiger partial charge on any atom is 0.142 e. The van der Waals surface area contributed by atoms with E-state index < -0.39 is 0 Å². The Morgan fingerprint density at radius 2 is 1.17 bits per heavy atom. The molecule has 46 heavy (non-hydrogen) atoms. The molecule has 0 aliphatic carbocycles. The molecule has 0 saturated carbocycles. The predicted octanol–water partition coefficient (Wildman–Crippen LogP) is 11.1. The number of aromatic hydroxyl groups is 2. The Hall–Kier alpha value is -3.76. The Labute approximate surface area is 278 Å². The molecule has 0 saturated heterocycles. The van der Waals surface area contributed by atoms with Crippen LogP contribution in [0.15, 0.2) is 66.7 Å². The maximum atomic E-state index is 12.2. The first-order valence-corrected chi connectivity index (χ1v) is 16.5. The van der Waals surface area contributed by atoms with Crippen LogP contribution >= 0.6 is 0 Å². The molecule has 4 aromatic rings. The van der Waals surface area contributed by atoms with Crippen molar-refractivity contribution in [1.29, 1.82) is 0 Å². The summed E-state index contributed by atoms with van der Waals surface area (Å²) in [7, 11) is 1.71. The van der Waals surface area contributed by atoms with Crippen LogP contribution in [0.25, 0.3) is 22.3 Å². The normalized spacial score (nSPS) is 12.4. The summed E-state index contributed by atoms with van der Waals surface area (Å²) in [5.74, 6) is 0.540. The second-order valence-corrected chi connectivity index (χ2v) is 16.0. The number of hydrogen-bond acceptors (Lipinski definition) is 4. The fraction of sp³-hybridized carbons (Fsp3) is 0.429. The minimum atomic E-state index is -0.236. The highest BCUT2D eigenvalue weighted by atomic mass is 16.5. The minimum absolute atomic E-state index is 0.0463. The van der Waals surface area contributed by atoms with Crippen LogP contribution in [-0.4, -0.2) is 30.5 Å². The monoisotopic (exact) mass is 621 g/mol. The van der Waals surface area contributed by atoms with Crippen molar-refractivity contribution in [3.63, 3.8) is 0 Å².